The molecule has 0 aromatic rings. The molecule has 1 aliphatic rings. The summed E-state index contributed by atoms with van der Waals surface area (Å²) in [5.41, 5.74) is 0. The number of aliphatic carboxylic acids is 1. The van der Waals surface area contributed by atoms with Gasteiger partial charge in [0.1, 0.15) is 0 Å². The molecule has 0 aliphatic heterocycles. The van der Waals surface area contributed by atoms with Crippen LogP contribution in [-0.2, 0) is 4.79 Å². The van der Waals surface area contributed by atoms with Gasteiger partial charge in [0.2, 0.25) is 0 Å². The summed E-state index contributed by atoms with van der Waals surface area (Å²) < 4.78 is 0. The lowest BCUT2D eigenvalue weighted by Gasteiger charge is -2.26. The Kier molecular flexibility index (Phi) is 7.95. The van der Waals surface area contributed by atoms with Gasteiger partial charge in [-0.3, -0.25) is 0 Å². The van der Waals surface area contributed by atoms with Crippen LogP contribution in [0.5, 0.6) is 0 Å². The first-order valence-electron chi connectivity index (χ1n) is 5.21. The van der Waals surface area contributed by atoms with E-state index in [-0.39, 0.29) is 0 Å². The Morgan fingerprint density at radius 1 is 1.27 bits per heavy atom. The molecule has 2 atom stereocenters. The van der Waals surface area contributed by atoms with Crippen LogP contribution in [-0.4, -0.2) is 34.5 Å². The fourth-order valence-corrected chi connectivity index (χ4v) is 1.73. The van der Waals surface area contributed by atoms with Crippen molar-refractivity contribution >= 4 is 5.97 Å². The van der Waals surface area contributed by atoms with Gasteiger partial charge in [0.05, 0.1) is 0 Å². The van der Waals surface area contributed by atoms with E-state index >= 15 is 0 Å². The van der Waals surface area contributed by atoms with Crippen LogP contribution >= 0.6 is 0 Å². The molecular formula is C11H20O4. The molecule has 0 radical (unpaired) electrons. The molecule has 2 unspecified atom stereocenters. The van der Waals surface area contributed by atoms with E-state index in [1.807, 2.05) is 0 Å². The highest BCUT2D eigenvalue weighted by atomic mass is 16.4. The average molecular weight is 216 g/mol. The lowest BCUT2D eigenvalue weighted by atomic mass is 9.82. The minimum Gasteiger partial charge on any atom is -0.478 e. The van der Waals surface area contributed by atoms with Crippen molar-refractivity contribution in [1.29, 1.82) is 0 Å². The number of rotatable bonds is 3. The molecule has 4 heteroatoms. The first-order chi connectivity index (χ1) is 7.13. The van der Waals surface area contributed by atoms with Gasteiger partial charge in [0.25, 0.3) is 0 Å². The molecule has 0 bridgehead atoms. The highest BCUT2D eigenvalue weighted by molar-refractivity contribution is 5.78. The molecule has 15 heavy (non-hydrogen) atoms. The number of hydrogen-bond acceptors (Lipinski definition) is 3. The highest BCUT2D eigenvalue weighted by Crippen LogP contribution is 2.27. The van der Waals surface area contributed by atoms with Crippen molar-refractivity contribution in [3.8, 4) is 0 Å². The second kappa shape index (κ2) is 8.44. The van der Waals surface area contributed by atoms with Crippen LogP contribution in [0.2, 0.25) is 0 Å². The number of aliphatic hydroxyl groups is 2. The van der Waals surface area contributed by atoms with E-state index in [0.717, 1.165) is 25.3 Å². The maximum atomic E-state index is 9.25. The van der Waals surface area contributed by atoms with E-state index in [2.05, 4.69) is 6.58 Å². The predicted molar refractivity (Wildman–Crippen MR) is 57.5 cm³/mol. The van der Waals surface area contributed by atoms with Gasteiger partial charge in [-0.1, -0.05) is 13.0 Å². The molecule has 1 rings (SSSR count). The van der Waals surface area contributed by atoms with Gasteiger partial charge in [0.15, 0.2) is 0 Å². The number of hydrogen-bond donors (Lipinski definition) is 3. The maximum absolute atomic E-state index is 9.25. The molecule has 1 saturated carbocycles. The van der Waals surface area contributed by atoms with Crippen LogP contribution in [0.25, 0.3) is 0 Å². The number of carboxylic acids is 1. The zero-order valence-electron chi connectivity index (χ0n) is 8.93. The van der Waals surface area contributed by atoms with Crippen LogP contribution in [0.1, 0.15) is 25.7 Å². The van der Waals surface area contributed by atoms with E-state index in [1.54, 1.807) is 0 Å². The van der Waals surface area contributed by atoms with Crippen LogP contribution < -0.4 is 0 Å². The minimum absolute atomic E-state index is 0.302. The molecule has 0 saturated heterocycles. The first-order valence-corrected chi connectivity index (χ1v) is 5.21. The maximum Gasteiger partial charge on any atom is 0.327 e. The molecular weight excluding hydrogens is 196 g/mol. The Hall–Kier alpha value is -0.870. The Morgan fingerprint density at radius 3 is 1.93 bits per heavy atom. The summed E-state index contributed by atoms with van der Waals surface area (Å²) in [6.07, 6.45) is 5.32. The summed E-state index contributed by atoms with van der Waals surface area (Å²) in [6, 6.07) is 0. The molecule has 88 valence electrons. The smallest absolute Gasteiger partial charge is 0.327 e. The monoisotopic (exact) mass is 216 g/mol. The summed E-state index contributed by atoms with van der Waals surface area (Å²) in [7, 11) is 0. The third-order valence-electron chi connectivity index (χ3n) is 2.58. The van der Waals surface area contributed by atoms with Crippen molar-refractivity contribution in [2.45, 2.75) is 25.7 Å². The molecule has 0 aromatic carbocycles. The number of aliphatic hydroxyl groups excluding tert-OH is 2. The fourth-order valence-electron chi connectivity index (χ4n) is 1.73. The minimum atomic E-state index is -0.981. The summed E-state index contributed by atoms with van der Waals surface area (Å²) in [5, 5.41) is 25.2. The van der Waals surface area contributed by atoms with Gasteiger partial charge in [-0.15, -0.1) is 0 Å². The van der Waals surface area contributed by atoms with Gasteiger partial charge in [0, 0.05) is 19.3 Å². The molecule has 4 nitrogen and oxygen atoms in total. The lowest BCUT2D eigenvalue weighted by Crippen LogP contribution is -2.20. The fraction of sp³-hybridized carbons (Fsp3) is 0.727. The molecule has 0 aromatic heterocycles. The molecule has 0 spiro atoms. The second-order valence-corrected chi connectivity index (χ2v) is 3.81. The van der Waals surface area contributed by atoms with Crippen molar-refractivity contribution < 1.29 is 20.1 Å². The Bertz CT molecular complexity index is 181. The van der Waals surface area contributed by atoms with Gasteiger partial charge in [-0.05, 0) is 31.1 Å². The van der Waals surface area contributed by atoms with Crippen molar-refractivity contribution in [2.24, 2.45) is 11.8 Å². The molecule has 1 fully saturated rings. The summed E-state index contributed by atoms with van der Waals surface area (Å²) in [6.45, 7) is 3.56. The number of carbonyl (C=O) groups is 1. The SMILES string of the molecule is C=CC(=O)O.OCC1CCCC(CO)C1. The second-order valence-electron chi connectivity index (χ2n) is 3.81. The summed E-state index contributed by atoms with van der Waals surface area (Å²) >= 11 is 0. The van der Waals surface area contributed by atoms with Crippen molar-refractivity contribution in [3.05, 3.63) is 12.7 Å². The topological polar surface area (TPSA) is 77.8 Å². The third kappa shape index (κ3) is 7.11. The quantitative estimate of drug-likeness (QED) is 0.616. The Balaban J connectivity index is 0.000000336. The molecule has 1 aliphatic carbocycles. The van der Waals surface area contributed by atoms with E-state index in [9.17, 15) is 4.79 Å². The van der Waals surface area contributed by atoms with E-state index < -0.39 is 5.97 Å². The first kappa shape index (κ1) is 14.1. The third-order valence-corrected chi connectivity index (χ3v) is 2.58. The van der Waals surface area contributed by atoms with Gasteiger partial charge in [-0.2, -0.15) is 0 Å². The van der Waals surface area contributed by atoms with Crippen LogP contribution in [0.4, 0.5) is 0 Å². The highest BCUT2D eigenvalue weighted by Gasteiger charge is 2.20. The predicted octanol–water partition coefficient (Wildman–Crippen LogP) is 1.03. The molecule has 3 N–H and O–H groups in total. The van der Waals surface area contributed by atoms with Crippen molar-refractivity contribution in [1.82, 2.24) is 0 Å². The number of carboxylic acid groups (broad SMARTS) is 1. The van der Waals surface area contributed by atoms with Gasteiger partial charge >= 0.3 is 5.97 Å². The summed E-state index contributed by atoms with van der Waals surface area (Å²) in [4.78, 5) is 9.25. The van der Waals surface area contributed by atoms with E-state index in [1.165, 1.54) is 6.42 Å². The zero-order valence-corrected chi connectivity index (χ0v) is 8.93. The van der Waals surface area contributed by atoms with Crippen molar-refractivity contribution in [3.63, 3.8) is 0 Å². The van der Waals surface area contributed by atoms with E-state index in [4.69, 9.17) is 15.3 Å². The van der Waals surface area contributed by atoms with Crippen LogP contribution in [0.15, 0.2) is 12.7 Å². The summed E-state index contributed by atoms with van der Waals surface area (Å²) in [5.74, 6) is -0.0539. The largest absolute Gasteiger partial charge is 0.478 e. The van der Waals surface area contributed by atoms with E-state index in [0.29, 0.717) is 25.0 Å². The van der Waals surface area contributed by atoms with Crippen LogP contribution in [0.3, 0.4) is 0 Å². The lowest BCUT2D eigenvalue weighted by molar-refractivity contribution is -0.131. The standard InChI is InChI=1S/C8H16O2.C3H4O2/c9-5-7-2-1-3-8(4-7)6-10;1-2-3(4)5/h7-10H,1-6H2;2H,1H2,(H,4,5). The Labute approximate surface area is 90.2 Å². The van der Waals surface area contributed by atoms with Gasteiger partial charge in [-0.25, -0.2) is 4.79 Å². The van der Waals surface area contributed by atoms with Crippen molar-refractivity contribution in [2.75, 3.05) is 13.2 Å². The van der Waals surface area contributed by atoms with Crippen LogP contribution in [0, 0.1) is 11.8 Å². The zero-order chi connectivity index (χ0) is 11.7. The molecule has 0 heterocycles. The van der Waals surface area contributed by atoms with Gasteiger partial charge < -0.3 is 15.3 Å². The average Bonchev–Trinajstić information content (AvgIpc) is 2.29. The Morgan fingerprint density at radius 2 is 1.67 bits per heavy atom. The normalized spacial score (nSPS) is 24.9. The molecule has 0 amide bonds.